The van der Waals surface area contributed by atoms with E-state index in [1.165, 1.54) is 18.2 Å². The predicted octanol–water partition coefficient (Wildman–Crippen LogP) is 1.51. The molecule has 2 heterocycles. The number of hydrogen-bond acceptors (Lipinski definition) is 5. The second kappa shape index (κ2) is 7.51. The van der Waals surface area contributed by atoms with E-state index in [4.69, 9.17) is 0 Å². The fourth-order valence-corrected chi connectivity index (χ4v) is 4.63. The molecule has 0 saturated carbocycles. The summed E-state index contributed by atoms with van der Waals surface area (Å²) in [6.07, 6.45) is 0. The summed E-state index contributed by atoms with van der Waals surface area (Å²) in [5.41, 5.74) is 0.909. The van der Waals surface area contributed by atoms with Crippen molar-refractivity contribution in [2.45, 2.75) is 4.21 Å². The molecule has 0 spiro atoms. The molecule has 1 aromatic heterocycles. The van der Waals surface area contributed by atoms with E-state index in [2.05, 4.69) is 9.62 Å². The lowest BCUT2D eigenvalue weighted by Crippen LogP contribution is -2.51. The number of sulfonamides is 1. The molecule has 1 aliphatic rings. The van der Waals surface area contributed by atoms with E-state index >= 15 is 0 Å². The maximum absolute atomic E-state index is 13.0. The number of nitrogens with zero attached hydrogens (tertiary/aromatic N) is 2. The Morgan fingerprint density at radius 3 is 2.40 bits per heavy atom. The van der Waals surface area contributed by atoms with Crippen molar-refractivity contribution in [3.63, 3.8) is 0 Å². The number of halogens is 1. The lowest BCUT2D eigenvalue weighted by atomic mass is 10.2. The lowest BCUT2D eigenvalue weighted by Gasteiger charge is -2.36. The normalized spacial score (nSPS) is 15.4. The topological polar surface area (TPSA) is 69.7 Å². The first-order chi connectivity index (χ1) is 12.0. The molecule has 25 heavy (non-hydrogen) atoms. The minimum absolute atomic E-state index is 0.196. The van der Waals surface area contributed by atoms with Crippen LogP contribution in [0.25, 0.3) is 0 Å². The minimum Gasteiger partial charge on any atom is -0.368 e. The zero-order valence-electron chi connectivity index (χ0n) is 13.4. The Kier molecular flexibility index (Phi) is 5.36. The van der Waals surface area contributed by atoms with Crippen LogP contribution in [0.3, 0.4) is 0 Å². The summed E-state index contributed by atoms with van der Waals surface area (Å²) in [5.74, 6) is -0.533. The molecule has 2 aromatic rings. The average Bonchev–Trinajstić information content (AvgIpc) is 3.16. The van der Waals surface area contributed by atoms with Gasteiger partial charge in [0, 0.05) is 31.9 Å². The Balaban J connectivity index is 1.51. The molecule has 1 aliphatic heterocycles. The first kappa shape index (κ1) is 17.8. The Morgan fingerprint density at radius 1 is 1.12 bits per heavy atom. The molecule has 1 aromatic carbocycles. The number of nitrogens with one attached hydrogen (secondary N) is 1. The molecule has 1 fully saturated rings. The molecular weight excluding hydrogens is 365 g/mol. The minimum atomic E-state index is -3.63. The molecule has 1 saturated heterocycles. The van der Waals surface area contributed by atoms with E-state index in [9.17, 15) is 17.6 Å². The van der Waals surface area contributed by atoms with Crippen LogP contribution in [0, 0.1) is 5.82 Å². The molecule has 6 nitrogen and oxygen atoms in total. The molecule has 0 radical (unpaired) electrons. The number of benzene rings is 1. The smallest absolute Gasteiger partial charge is 0.250 e. The molecule has 0 unspecified atom stereocenters. The number of rotatable bonds is 5. The Morgan fingerprint density at radius 2 is 1.80 bits per heavy atom. The van der Waals surface area contributed by atoms with Gasteiger partial charge in [0.15, 0.2) is 0 Å². The van der Waals surface area contributed by atoms with Crippen LogP contribution in [-0.4, -0.2) is 51.9 Å². The molecule has 9 heteroatoms. The fourth-order valence-electron chi connectivity index (χ4n) is 2.62. The number of thiophene rings is 1. The van der Waals surface area contributed by atoms with Gasteiger partial charge >= 0.3 is 0 Å². The van der Waals surface area contributed by atoms with Crippen LogP contribution in [0.4, 0.5) is 10.1 Å². The standard InChI is InChI=1S/C16H18FN3O3S2/c17-13-3-5-14(6-4-13)19-7-9-20(10-8-19)15(21)12-18-25(22,23)16-2-1-11-24-16/h1-6,11,18H,7-10,12H2. The highest BCUT2D eigenvalue weighted by Gasteiger charge is 2.23. The molecule has 1 amide bonds. The van der Waals surface area contributed by atoms with Crippen LogP contribution >= 0.6 is 11.3 Å². The van der Waals surface area contributed by atoms with Crippen LogP contribution in [-0.2, 0) is 14.8 Å². The summed E-state index contributed by atoms with van der Waals surface area (Å²) in [7, 11) is -3.63. The van der Waals surface area contributed by atoms with Crippen LogP contribution in [0.15, 0.2) is 46.0 Å². The highest BCUT2D eigenvalue weighted by molar-refractivity contribution is 7.91. The van der Waals surface area contributed by atoms with E-state index in [0.717, 1.165) is 17.0 Å². The molecule has 0 bridgehead atoms. The number of anilines is 1. The van der Waals surface area contributed by atoms with Crippen molar-refractivity contribution in [3.8, 4) is 0 Å². The van der Waals surface area contributed by atoms with Gasteiger partial charge in [0.25, 0.3) is 10.0 Å². The van der Waals surface area contributed by atoms with E-state index in [1.807, 2.05) is 0 Å². The van der Waals surface area contributed by atoms with Crippen molar-refractivity contribution >= 4 is 33.0 Å². The summed E-state index contributed by atoms with van der Waals surface area (Å²) in [6.45, 7) is 1.98. The zero-order valence-corrected chi connectivity index (χ0v) is 15.0. The highest BCUT2D eigenvalue weighted by atomic mass is 32.2. The molecule has 0 atom stereocenters. The van der Waals surface area contributed by atoms with Gasteiger partial charge in [0.2, 0.25) is 5.91 Å². The van der Waals surface area contributed by atoms with Crippen molar-refractivity contribution in [3.05, 3.63) is 47.6 Å². The second-order valence-electron chi connectivity index (χ2n) is 5.60. The maximum Gasteiger partial charge on any atom is 0.250 e. The van der Waals surface area contributed by atoms with Gasteiger partial charge in [-0.1, -0.05) is 6.07 Å². The van der Waals surface area contributed by atoms with Crippen LogP contribution in [0.5, 0.6) is 0 Å². The molecular formula is C16H18FN3O3S2. The molecule has 1 N–H and O–H groups in total. The van der Waals surface area contributed by atoms with Crippen molar-refractivity contribution in [1.82, 2.24) is 9.62 Å². The van der Waals surface area contributed by atoms with Gasteiger partial charge in [0.05, 0.1) is 6.54 Å². The van der Waals surface area contributed by atoms with Crippen molar-refractivity contribution in [2.75, 3.05) is 37.6 Å². The van der Waals surface area contributed by atoms with Crippen LogP contribution in [0.2, 0.25) is 0 Å². The largest absolute Gasteiger partial charge is 0.368 e. The third-order valence-corrected chi connectivity index (χ3v) is 6.80. The number of amides is 1. The van der Waals surface area contributed by atoms with Crippen molar-refractivity contribution in [1.29, 1.82) is 0 Å². The fraction of sp³-hybridized carbons (Fsp3) is 0.312. The van der Waals surface area contributed by atoms with Crippen LogP contribution in [0.1, 0.15) is 0 Å². The van der Waals surface area contributed by atoms with Gasteiger partial charge in [0.1, 0.15) is 10.0 Å². The lowest BCUT2D eigenvalue weighted by molar-refractivity contribution is -0.130. The van der Waals surface area contributed by atoms with Gasteiger partial charge in [-0.2, -0.15) is 0 Å². The second-order valence-corrected chi connectivity index (χ2v) is 8.54. The Hall–Kier alpha value is -1.97. The third-order valence-electron chi connectivity index (χ3n) is 4.00. The SMILES string of the molecule is O=C(CNS(=O)(=O)c1cccs1)N1CCN(c2ccc(F)cc2)CC1. The number of carbonyl (C=O) groups excluding carboxylic acids is 1. The van der Waals surface area contributed by atoms with Gasteiger partial charge < -0.3 is 9.80 Å². The molecule has 134 valence electrons. The van der Waals surface area contributed by atoms with Gasteiger partial charge in [-0.05, 0) is 35.7 Å². The molecule has 0 aliphatic carbocycles. The number of hydrogen-bond donors (Lipinski definition) is 1. The van der Waals surface area contributed by atoms with Crippen molar-refractivity contribution in [2.24, 2.45) is 0 Å². The van der Waals surface area contributed by atoms with Gasteiger partial charge in [-0.3, -0.25) is 4.79 Å². The highest BCUT2D eigenvalue weighted by Crippen LogP contribution is 2.17. The third kappa shape index (κ3) is 4.36. The first-order valence-electron chi connectivity index (χ1n) is 7.77. The maximum atomic E-state index is 13.0. The summed E-state index contributed by atoms with van der Waals surface area (Å²) < 4.78 is 39.6. The molecule has 3 rings (SSSR count). The Labute approximate surface area is 149 Å². The van der Waals surface area contributed by atoms with E-state index in [0.29, 0.717) is 26.2 Å². The van der Waals surface area contributed by atoms with Crippen LogP contribution < -0.4 is 9.62 Å². The average molecular weight is 383 g/mol. The van der Waals surface area contributed by atoms with Gasteiger partial charge in [-0.15, -0.1) is 11.3 Å². The summed E-state index contributed by atoms with van der Waals surface area (Å²) >= 11 is 1.11. The predicted molar refractivity (Wildman–Crippen MR) is 94.7 cm³/mol. The van der Waals surface area contributed by atoms with E-state index in [1.54, 1.807) is 28.5 Å². The Bertz CT molecular complexity index is 815. The van der Waals surface area contributed by atoms with Crippen molar-refractivity contribution < 1.29 is 17.6 Å². The first-order valence-corrected chi connectivity index (χ1v) is 10.1. The van der Waals surface area contributed by atoms with E-state index in [-0.39, 0.29) is 22.5 Å². The quantitative estimate of drug-likeness (QED) is 0.850. The summed E-state index contributed by atoms with van der Waals surface area (Å²) in [4.78, 5) is 15.9. The summed E-state index contributed by atoms with van der Waals surface area (Å²) in [6, 6.07) is 9.39. The summed E-state index contributed by atoms with van der Waals surface area (Å²) in [5, 5.41) is 1.67. The van der Waals surface area contributed by atoms with E-state index < -0.39 is 10.0 Å². The van der Waals surface area contributed by atoms with Gasteiger partial charge in [-0.25, -0.2) is 17.5 Å². The zero-order chi connectivity index (χ0) is 17.9. The number of piperazine rings is 1. The monoisotopic (exact) mass is 383 g/mol. The number of carbonyl (C=O) groups is 1.